The molecular formula is C13H23NO4. The number of nitrogens with zero attached hydrogens (tertiary/aromatic N) is 1. The number of likely N-dealkylation sites (tertiary alicyclic amines) is 1. The predicted molar refractivity (Wildman–Crippen MR) is 67.2 cm³/mol. The Bertz CT molecular complexity index is 325. The zero-order valence-corrected chi connectivity index (χ0v) is 11.6. The number of carboxylic acids is 1. The van der Waals surface area contributed by atoms with Crippen molar-refractivity contribution in [2.45, 2.75) is 52.7 Å². The zero-order chi connectivity index (χ0) is 13.9. The average Bonchev–Trinajstić information content (AvgIpc) is 2.23. The van der Waals surface area contributed by atoms with E-state index >= 15 is 0 Å². The smallest absolute Gasteiger partial charge is 0.326 e. The molecule has 1 aliphatic rings. The lowest BCUT2D eigenvalue weighted by Gasteiger charge is -2.44. The summed E-state index contributed by atoms with van der Waals surface area (Å²) in [5.41, 5.74) is -0.391. The molecule has 104 valence electrons. The maximum Gasteiger partial charge on any atom is 0.326 e. The Labute approximate surface area is 108 Å². The number of carbonyl (C=O) groups is 2. The minimum atomic E-state index is -0.933. The van der Waals surface area contributed by atoms with Gasteiger partial charge in [0, 0.05) is 6.54 Å². The van der Waals surface area contributed by atoms with Gasteiger partial charge >= 0.3 is 5.97 Å². The fraction of sp³-hybridized carbons (Fsp3) is 0.846. The van der Waals surface area contributed by atoms with Gasteiger partial charge in [0.05, 0.1) is 6.10 Å². The number of amides is 1. The molecule has 0 aliphatic carbocycles. The van der Waals surface area contributed by atoms with E-state index < -0.39 is 17.4 Å². The number of piperidine rings is 1. The van der Waals surface area contributed by atoms with Gasteiger partial charge in [-0.15, -0.1) is 0 Å². The summed E-state index contributed by atoms with van der Waals surface area (Å²) in [6, 6.07) is -0.755. The van der Waals surface area contributed by atoms with Crippen LogP contribution in [-0.2, 0) is 14.3 Å². The van der Waals surface area contributed by atoms with Crippen LogP contribution in [0.2, 0.25) is 0 Å². The number of hydrogen-bond donors (Lipinski definition) is 1. The standard InChI is InChI=1S/C13H23NO4/c1-9(2)18-8-10(15)14-7-5-6-13(3,4)11(14)12(16)17/h9,11H,5-8H2,1-4H3,(H,16,17). The molecule has 1 aliphatic heterocycles. The molecular weight excluding hydrogens is 234 g/mol. The molecule has 0 aromatic carbocycles. The van der Waals surface area contributed by atoms with Crippen LogP contribution >= 0.6 is 0 Å². The molecule has 1 rings (SSSR count). The van der Waals surface area contributed by atoms with Crippen molar-refractivity contribution >= 4 is 11.9 Å². The maximum atomic E-state index is 12.0. The van der Waals surface area contributed by atoms with Crippen LogP contribution in [-0.4, -0.2) is 47.2 Å². The van der Waals surface area contributed by atoms with E-state index in [4.69, 9.17) is 4.74 Å². The van der Waals surface area contributed by atoms with Crippen molar-refractivity contribution in [3.05, 3.63) is 0 Å². The van der Waals surface area contributed by atoms with Crippen molar-refractivity contribution in [2.75, 3.05) is 13.2 Å². The Morgan fingerprint density at radius 1 is 1.44 bits per heavy atom. The van der Waals surface area contributed by atoms with Crippen LogP contribution in [0.3, 0.4) is 0 Å². The first-order valence-corrected chi connectivity index (χ1v) is 6.39. The quantitative estimate of drug-likeness (QED) is 0.829. The van der Waals surface area contributed by atoms with Gasteiger partial charge in [-0.1, -0.05) is 13.8 Å². The third-order valence-electron chi connectivity index (χ3n) is 3.37. The van der Waals surface area contributed by atoms with Crippen LogP contribution in [0.1, 0.15) is 40.5 Å². The Balaban J connectivity index is 2.78. The van der Waals surface area contributed by atoms with Gasteiger partial charge in [-0.2, -0.15) is 0 Å². The summed E-state index contributed by atoms with van der Waals surface area (Å²) >= 11 is 0. The molecule has 5 heteroatoms. The monoisotopic (exact) mass is 257 g/mol. The van der Waals surface area contributed by atoms with Crippen LogP contribution in [0.25, 0.3) is 0 Å². The van der Waals surface area contributed by atoms with E-state index in [2.05, 4.69) is 0 Å². The number of aliphatic carboxylic acids is 1. The highest BCUT2D eigenvalue weighted by Gasteiger charge is 2.44. The highest BCUT2D eigenvalue weighted by Crippen LogP contribution is 2.35. The number of hydrogen-bond acceptors (Lipinski definition) is 3. The van der Waals surface area contributed by atoms with Gasteiger partial charge in [-0.25, -0.2) is 4.79 Å². The summed E-state index contributed by atoms with van der Waals surface area (Å²) in [6.45, 7) is 7.95. The SMILES string of the molecule is CC(C)OCC(=O)N1CCCC(C)(C)C1C(=O)O. The first kappa shape index (κ1) is 15.0. The Kier molecular flexibility index (Phi) is 4.73. The second-order valence-corrected chi connectivity index (χ2v) is 5.78. The van der Waals surface area contributed by atoms with Gasteiger partial charge in [0.1, 0.15) is 12.6 Å². The Morgan fingerprint density at radius 3 is 2.56 bits per heavy atom. The fourth-order valence-corrected chi connectivity index (χ4v) is 2.45. The van der Waals surface area contributed by atoms with Crippen molar-refractivity contribution in [1.29, 1.82) is 0 Å². The van der Waals surface area contributed by atoms with Gasteiger partial charge < -0.3 is 14.7 Å². The maximum absolute atomic E-state index is 12.0. The van der Waals surface area contributed by atoms with E-state index in [1.807, 2.05) is 27.7 Å². The molecule has 0 radical (unpaired) electrons. The van der Waals surface area contributed by atoms with Crippen LogP contribution in [0.4, 0.5) is 0 Å². The third kappa shape index (κ3) is 3.45. The summed E-state index contributed by atoms with van der Waals surface area (Å²) in [7, 11) is 0. The molecule has 0 bridgehead atoms. The first-order chi connectivity index (χ1) is 8.25. The second kappa shape index (κ2) is 5.69. The third-order valence-corrected chi connectivity index (χ3v) is 3.37. The van der Waals surface area contributed by atoms with Crippen molar-refractivity contribution in [3.63, 3.8) is 0 Å². The van der Waals surface area contributed by atoms with E-state index in [0.717, 1.165) is 12.8 Å². The van der Waals surface area contributed by atoms with Gasteiger partial charge in [0.15, 0.2) is 0 Å². The Morgan fingerprint density at radius 2 is 2.06 bits per heavy atom. The number of carbonyl (C=O) groups excluding carboxylic acids is 1. The van der Waals surface area contributed by atoms with Crippen molar-refractivity contribution in [2.24, 2.45) is 5.41 Å². The molecule has 5 nitrogen and oxygen atoms in total. The molecule has 1 amide bonds. The molecule has 1 heterocycles. The highest BCUT2D eigenvalue weighted by molar-refractivity contribution is 5.85. The molecule has 1 atom stereocenters. The summed E-state index contributed by atoms with van der Waals surface area (Å²) in [6.07, 6.45) is 1.62. The van der Waals surface area contributed by atoms with E-state index in [-0.39, 0.29) is 18.6 Å². The molecule has 1 saturated heterocycles. The average molecular weight is 257 g/mol. The molecule has 1 unspecified atom stereocenters. The lowest BCUT2D eigenvalue weighted by Crippen LogP contribution is -2.57. The van der Waals surface area contributed by atoms with Crippen molar-refractivity contribution in [1.82, 2.24) is 4.90 Å². The molecule has 1 fully saturated rings. The molecule has 0 aromatic rings. The molecule has 1 N–H and O–H groups in total. The van der Waals surface area contributed by atoms with Crippen molar-refractivity contribution in [3.8, 4) is 0 Å². The largest absolute Gasteiger partial charge is 0.480 e. The summed E-state index contributed by atoms with van der Waals surface area (Å²) in [5.74, 6) is -1.17. The van der Waals surface area contributed by atoms with Gasteiger partial charge in [0.2, 0.25) is 5.91 Å². The number of carboxylic acid groups (broad SMARTS) is 1. The summed E-state index contributed by atoms with van der Waals surface area (Å²) in [4.78, 5) is 24.9. The van der Waals surface area contributed by atoms with Crippen LogP contribution in [0.5, 0.6) is 0 Å². The van der Waals surface area contributed by atoms with Gasteiger partial charge in [-0.3, -0.25) is 4.79 Å². The molecule has 0 spiro atoms. The number of rotatable bonds is 4. The molecule has 0 aromatic heterocycles. The first-order valence-electron chi connectivity index (χ1n) is 6.39. The number of ether oxygens (including phenoxy) is 1. The van der Waals surface area contributed by atoms with E-state index in [1.165, 1.54) is 4.90 Å². The van der Waals surface area contributed by atoms with Crippen LogP contribution in [0.15, 0.2) is 0 Å². The van der Waals surface area contributed by atoms with Crippen LogP contribution < -0.4 is 0 Å². The highest BCUT2D eigenvalue weighted by atomic mass is 16.5. The lowest BCUT2D eigenvalue weighted by molar-refractivity contribution is -0.161. The van der Waals surface area contributed by atoms with Crippen molar-refractivity contribution < 1.29 is 19.4 Å². The Hall–Kier alpha value is -1.10. The van der Waals surface area contributed by atoms with E-state index in [9.17, 15) is 14.7 Å². The zero-order valence-electron chi connectivity index (χ0n) is 11.6. The molecule has 18 heavy (non-hydrogen) atoms. The lowest BCUT2D eigenvalue weighted by atomic mass is 9.76. The van der Waals surface area contributed by atoms with Crippen LogP contribution in [0, 0.1) is 5.41 Å². The second-order valence-electron chi connectivity index (χ2n) is 5.78. The fourth-order valence-electron chi connectivity index (χ4n) is 2.45. The van der Waals surface area contributed by atoms with Gasteiger partial charge in [0.25, 0.3) is 0 Å². The summed E-state index contributed by atoms with van der Waals surface area (Å²) < 4.78 is 5.27. The predicted octanol–water partition coefficient (Wildman–Crippen LogP) is 1.51. The van der Waals surface area contributed by atoms with E-state index in [1.54, 1.807) is 0 Å². The van der Waals surface area contributed by atoms with E-state index in [0.29, 0.717) is 6.54 Å². The minimum Gasteiger partial charge on any atom is -0.480 e. The summed E-state index contributed by atoms with van der Waals surface area (Å²) in [5, 5.41) is 9.34. The molecule has 0 saturated carbocycles. The topological polar surface area (TPSA) is 66.8 Å². The minimum absolute atomic E-state index is 0.0324. The normalized spacial score (nSPS) is 23.2. The van der Waals surface area contributed by atoms with Gasteiger partial charge in [-0.05, 0) is 32.1 Å².